The number of tetrazole rings is 1. The Labute approximate surface area is 130 Å². The van der Waals surface area contributed by atoms with Crippen molar-refractivity contribution in [3.05, 3.63) is 42.3 Å². The minimum Gasteiger partial charge on any atom is -0.485 e. The van der Waals surface area contributed by atoms with Gasteiger partial charge in [0.2, 0.25) is 5.82 Å². The molecule has 3 heterocycles. The SMILES string of the molecule is c1ccc2c(c1)OC[C@@H](c1noc(C3(n4cnnn4)CC3)n1)O2. The van der Waals surface area contributed by atoms with Gasteiger partial charge in [0.05, 0.1) is 0 Å². The molecule has 1 aliphatic heterocycles. The number of aromatic nitrogens is 6. The molecule has 0 spiro atoms. The van der Waals surface area contributed by atoms with Crippen LogP contribution in [0.3, 0.4) is 0 Å². The quantitative estimate of drug-likeness (QED) is 0.708. The third kappa shape index (κ3) is 1.89. The smallest absolute Gasteiger partial charge is 0.254 e. The van der Waals surface area contributed by atoms with Crippen molar-refractivity contribution in [1.29, 1.82) is 0 Å². The average molecular weight is 312 g/mol. The van der Waals surface area contributed by atoms with Gasteiger partial charge in [0.25, 0.3) is 5.89 Å². The van der Waals surface area contributed by atoms with E-state index >= 15 is 0 Å². The number of fused-ring (bicyclic) bond motifs is 1. The Bertz CT molecular complexity index is 842. The van der Waals surface area contributed by atoms with Crippen molar-refractivity contribution < 1.29 is 14.0 Å². The molecule has 3 aromatic rings. The first-order chi connectivity index (χ1) is 11.4. The van der Waals surface area contributed by atoms with Gasteiger partial charge in [-0.25, -0.2) is 4.68 Å². The van der Waals surface area contributed by atoms with Crippen molar-refractivity contribution in [1.82, 2.24) is 30.3 Å². The Morgan fingerprint density at radius 3 is 2.83 bits per heavy atom. The lowest BCUT2D eigenvalue weighted by molar-refractivity contribution is 0.0832. The second-order valence-electron chi connectivity index (χ2n) is 5.61. The van der Waals surface area contributed by atoms with Crippen LogP contribution in [-0.2, 0) is 5.54 Å². The van der Waals surface area contributed by atoms with Crippen molar-refractivity contribution in [3.63, 3.8) is 0 Å². The van der Waals surface area contributed by atoms with Gasteiger partial charge in [-0.2, -0.15) is 4.98 Å². The minimum atomic E-state index is -0.415. The lowest BCUT2D eigenvalue weighted by atomic mass is 10.2. The van der Waals surface area contributed by atoms with Crippen molar-refractivity contribution in [3.8, 4) is 11.5 Å². The predicted molar refractivity (Wildman–Crippen MR) is 73.7 cm³/mol. The second-order valence-corrected chi connectivity index (χ2v) is 5.61. The second kappa shape index (κ2) is 4.51. The lowest BCUT2D eigenvalue weighted by Gasteiger charge is -2.24. The van der Waals surface area contributed by atoms with E-state index in [1.54, 1.807) is 11.0 Å². The first kappa shape index (κ1) is 12.6. The molecule has 2 aliphatic rings. The molecule has 0 amide bonds. The highest BCUT2D eigenvalue weighted by Crippen LogP contribution is 2.48. The van der Waals surface area contributed by atoms with Crippen molar-refractivity contribution >= 4 is 0 Å². The Kier molecular flexibility index (Phi) is 2.46. The molecular weight excluding hydrogens is 300 g/mol. The van der Waals surface area contributed by atoms with Crippen LogP contribution in [0, 0.1) is 0 Å². The zero-order chi connectivity index (χ0) is 15.3. The molecule has 1 aliphatic carbocycles. The molecule has 2 aromatic heterocycles. The van der Waals surface area contributed by atoms with Crippen LogP contribution in [0.4, 0.5) is 0 Å². The van der Waals surface area contributed by atoms with Crippen molar-refractivity contribution in [2.75, 3.05) is 6.61 Å². The van der Waals surface area contributed by atoms with Crippen LogP contribution in [0.15, 0.2) is 35.1 Å². The highest BCUT2D eigenvalue weighted by molar-refractivity contribution is 5.41. The van der Waals surface area contributed by atoms with Crippen LogP contribution in [0.5, 0.6) is 11.5 Å². The van der Waals surface area contributed by atoms with Gasteiger partial charge in [-0.3, -0.25) is 0 Å². The van der Waals surface area contributed by atoms with Gasteiger partial charge in [-0.15, -0.1) is 5.10 Å². The summed E-state index contributed by atoms with van der Waals surface area (Å²) in [5.41, 5.74) is -0.415. The molecule has 0 saturated heterocycles. The maximum atomic E-state index is 5.90. The third-order valence-electron chi connectivity index (χ3n) is 4.15. The fourth-order valence-corrected chi connectivity index (χ4v) is 2.72. The van der Waals surface area contributed by atoms with Gasteiger partial charge in [0.15, 0.2) is 17.6 Å². The van der Waals surface area contributed by atoms with Crippen LogP contribution in [0.25, 0.3) is 0 Å². The van der Waals surface area contributed by atoms with Gasteiger partial charge in [0, 0.05) is 0 Å². The molecule has 9 nitrogen and oxygen atoms in total. The van der Waals surface area contributed by atoms with Crippen LogP contribution in [0.2, 0.25) is 0 Å². The fraction of sp³-hybridized carbons (Fsp3) is 0.357. The minimum absolute atomic E-state index is 0.341. The Hall–Kier alpha value is -2.97. The van der Waals surface area contributed by atoms with E-state index in [0.29, 0.717) is 24.1 Å². The van der Waals surface area contributed by atoms with E-state index in [4.69, 9.17) is 14.0 Å². The zero-order valence-electron chi connectivity index (χ0n) is 12.0. The van der Waals surface area contributed by atoms with Crippen molar-refractivity contribution in [2.24, 2.45) is 0 Å². The lowest BCUT2D eigenvalue weighted by Crippen LogP contribution is -2.23. The number of benzene rings is 1. The molecule has 0 radical (unpaired) electrons. The van der Waals surface area contributed by atoms with E-state index in [-0.39, 0.29) is 0 Å². The first-order valence-electron chi connectivity index (χ1n) is 7.31. The molecule has 0 N–H and O–H groups in total. The number of hydrogen-bond donors (Lipinski definition) is 0. The molecule has 9 heteroatoms. The van der Waals surface area contributed by atoms with Crippen molar-refractivity contribution in [2.45, 2.75) is 24.5 Å². The Morgan fingerprint density at radius 2 is 2.04 bits per heavy atom. The molecule has 1 atom stereocenters. The normalized spacial score (nSPS) is 21.1. The van der Waals surface area contributed by atoms with Gasteiger partial charge < -0.3 is 14.0 Å². The molecule has 116 valence electrons. The van der Waals surface area contributed by atoms with Crippen LogP contribution in [-0.4, -0.2) is 37.0 Å². The molecule has 1 fully saturated rings. The number of ether oxygens (including phenoxy) is 2. The van der Waals surface area contributed by atoms with E-state index in [1.807, 2.05) is 24.3 Å². The number of rotatable bonds is 3. The van der Waals surface area contributed by atoms with E-state index in [1.165, 1.54) is 0 Å². The van der Waals surface area contributed by atoms with E-state index in [2.05, 4.69) is 25.7 Å². The van der Waals surface area contributed by atoms with Crippen LogP contribution in [0.1, 0.15) is 30.7 Å². The highest BCUT2D eigenvalue weighted by Gasteiger charge is 2.53. The van der Waals surface area contributed by atoms with Crippen LogP contribution >= 0.6 is 0 Å². The molecule has 0 unspecified atom stereocenters. The third-order valence-corrected chi connectivity index (χ3v) is 4.15. The molecule has 23 heavy (non-hydrogen) atoms. The number of hydrogen-bond acceptors (Lipinski definition) is 8. The predicted octanol–water partition coefficient (Wildman–Crippen LogP) is 1.11. The maximum Gasteiger partial charge on any atom is 0.254 e. The topological polar surface area (TPSA) is 101 Å². The fourth-order valence-electron chi connectivity index (χ4n) is 2.72. The standard InChI is InChI=1S/C14H12N6O3/c1-2-4-10-9(3-1)21-7-11(22-10)12-16-13(23-17-12)14(5-6-14)20-8-15-18-19-20/h1-4,8,11H,5-7H2/t11-/m0/s1. The summed E-state index contributed by atoms with van der Waals surface area (Å²) in [6.45, 7) is 0.341. The van der Waals surface area contributed by atoms with Gasteiger partial charge in [-0.1, -0.05) is 17.3 Å². The molecular formula is C14H12N6O3. The monoisotopic (exact) mass is 312 g/mol. The van der Waals surface area contributed by atoms with Gasteiger partial charge >= 0.3 is 0 Å². The van der Waals surface area contributed by atoms with Gasteiger partial charge in [0.1, 0.15) is 18.5 Å². The Morgan fingerprint density at radius 1 is 1.17 bits per heavy atom. The Balaban J connectivity index is 1.43. The van der Waals surface area contributed by atoms with Crippen LogP contribution < -0.4 is 9.47 Å². The summed E-state index contributed by atoms with van der Waals surface area (Å²) in [5.74, 6) is 2.37. The summed E-state index contributed by atoms with van der Waals surface area (Å²) >= 11 is 0. The molecule has 0 bridgehead atoms. The summed E-state index contributed by atoms with van der Waals surface area (Å²) in [4.78, 5) is 4.50. The summed E-state index contributed by atoms with van der Waals surface area (Å²) in [7, 11) is 0. The summed E-state index contributed by atoms with van der Waals surface area (Å²) in [6, 6.07) is 7.51. The molecule has 1 saturated carbocycles. The summed E-state index contributed by atoms with van der Waals surface area (Å²) < 4.78 is 18.7. The zero-order valence-corrected chi connectivity index (χ0v) is 12.0. The summed E-state index contributed by atoms with van der Waals surface area (Å²) in [6.07, 6.45) is 2.90. The van der Waals surface area contributed by atoms with E-state index < -0.39 is 11.6 Å². The van der Waals surface area contributed by atoms with Gasteiger partial charge in [-0.05, 0) is 35.4 Å². The average Bonchev–Trinajstić information content (AvgIpc) is 3.05. The maximum absolute atomic E-state index is 5.90. The molecule has 1 aromatic carbocycles. The summed E-state index contributed by atoms with van der Waals surface area (Å²) in [5, 5.41) is 15.4. The van der Waals surface area contributed by atoms with E-state index in [0.717, 1.165) is 18.6 Å². The van der Waals surface area contributed by atoms with E-state index in [9.17, 15) is 0 Å². The largest absolute Gasteiger partial charge is 0.485 e. The number of nitrogens with zero attached hydrogens (tertiary/aromatic N) is 6. The number of para-hydroxylation sites is 2. The first-order valence-corrected chi connectivity index (χ1v) is 7.31. The molecule has 5 rings (SSSR count). The highest BCUT2D eigenvalue weighted by atomic mass is 16.6.